The van der Waals surface area contributed by atoms with Gasteiger partial charge in [-0.1, -0.05) is 12.1 Å². The van der Waals surface area contributed by atoms with E-state index in [1.54, 1.807) is 12.1 Å². The molecule has 0 aliphatic heterocycles. The van der Waals surface area contributed by atoms with Gasteiger partial charge < -0.3 is 15.9 Å². The fourth-order valence-corrected chi connectivity index (χ4v) is 1.07. The van der Waals surface area contributed by atoms with Crippen molar-refractivity contribution in [1.29, 1.82) is 0 Å². The minimum Gasteiger partial charge on any atom is -0.351 e. The summed E-state index contributed by atoms with van der Waals surface area (Å²) < 4.78 is 0. The molecule has 5 N–H and O–H groups in total. The number of hydrogen-bond acceptors (Lipinski definition) is 3. The van der Waals surface area contributed by atoms with E-state index >= 15 is 0 Å². The van der Waals surface area contributed by atoms with Crippen LogP contribution in [0.1, 0.15) is 5.56 Å². The molecule has 0 aromatic heterocycles. The summed E-state index contributed by atoms with van der Waals surface area (Å²) >= 11 is 0. The number of carbonyl (C=O) groups excluding carboxylic acids is 1. The number of nitrogens with one attached hydrogen (secondary N) is 1. The number of anilines is 1. The van der Waals surface area contributed by atoms with Gasteiger partial charge in [0.05, 0.1) is 6.61 Å². The number of nitrogens with two attached hydrogens (primary N) is 2. The lowest BCUT2D eigenvalue weighted by atomic mass is 10.1. The molecule has 76 valence electrons. The lowest BCUT2D eigenvalue weighted by molar-refractivity contribution is 0.141. The fourth-order valence-electron chi connectivity index (χ4n) is 1.07. The summed E-state index contributed by atoms with van der Waals surface area (Å²) in [5.41, 5.74) is 6.72. The highest BCUT2D eigenvalue weighted by Crippen LogP contribution is 2.09. The lowest BCUT2D eigenvalue weighted by Crippen LogP contribution is -2.19. The second kappa shape index (κ2) is 5.21. The van der Waals surface area contributed by atoms with Gasteiger partial charge in [-0.3, -0.25) is 0 Å². The maximum atomic E-state index is 10.5. The van der Waals surface area contributed by atoms with Crippen LogP contribution in [0.5, 0.6) is 0 Å². The van der Waals surface area contributed by atoms with E-state index in [1.165, 1.54) is 0 Å². The van der Waals surface area contributed by atoms with Gasteiger partial charge in [-0.25, -0.2) is 10.7 Å². The van der Waals surface area contributed by atoms with Crippen molar-refractivity contribution in [2.24, 2.45) is 11.6 Å². The van der Waals surface area contributed by atoms with Crippen molar-refractivity contribution in [1.82, 2.24) is 0 Å². The molecule has 1 aromatic carbocycles. The minimum atomic E-state index is -0.567. The molecule has 0 aliphatic rings. The predicted molar refractivity (Wildman–Crippen MR) is 53.5 cm³/mol. The highest BCUT2D eigenvalue weighted by molar-refractivity contribution is 5.87. The van der Waals surface area contributed by atoms with Gasteiger partial charge >= 0.3 is 6.03 Å². The van der Waals surface area contributed by atoms with E-state index in [1.807, 2.05) is 12.1 Å². The molecule has 0 heterocycles. The number of amides is 2. The molecule has 0 fully saturated rings. The van der Waals surface area contributed by atoms with Gasteiger partial charge in [0, 0.05) is 5.69 Å². The molecule has 2 amide bonds. The van der Waals surface area contributed by atoms with Crippen LogP contribution < -0.4 is 16.9 Å². The zero-order valence-electron chi connectivity index (χ0n) is 7.69. The highest BCUT2D eigenvalue weighted by Gasteiger charge is 1.96. The van der Waals surface area contributed by atoms with E-state index in [0.717, 1.165) is 12.0 Å². The fraction of sp³-hybridized carbons (Fsp3) is 0.222. The van der Waals surface area contributed by atoms with Crippen molar-refractivity contribution in [2.45, 2.75) is 6.42 Å². The van der Waals surface area contributed by atoms with Crippen molar-refractivity contribution < 1.29 is 9.63 Å². The largest absolute Gasteiger partial charge is 0.351 e. The number of urea groups is 1. The average molecular weight is 195 g/mol. The molecule has 14 heavy (non-hydrogen) atoms. The third-order valence-corrected chi connectivity index (χ3v) is 1.73. The van der Waals surface area contributed by atoms with Crippen LogP contribution >= 0.6 is 0 Å². The van der Waals surface area contributed by atoms with Crippen LogP contribution in [-0.2, 0) is 11.3 Å². The molecule has 0 saturated carbocycles. The van der Waals surface area contributed by atoms with E-state index in [2.05, 4.69) is 10.2 Å². The van der Waals surface area contributed by atoms with Crippen molar-refractivity contribution in [3.63, 3.8) is 0 Å². The van der Waals surface area contributed by atoms with Gasteiger partial charge in [0.15, 0.2) is 0 Å². The van der Waals surface area contributed by atoms with Crippen molar-refractivity contribution >= 4 is 11.7 Å². The Morgan fingerprint density at radius 2 is 2.00 bits per heavy atom. The van der Waals surface area contributed by atoms with Gasteiger partial charge in [-0.05, 0) is 24.1 Å². The first-order valence-corrected chi connectivity index (χ1v) is 4.19. The number of hydrogen-bond donors (Lipinski definition) is 3. The Morgan fingerprint density at radius 1 is 1.36 bits per heavy atom. The smallest absolute Gasteiger partial charge is 0.316 e. The summed E-state index contributed by atoms with van der Waals surface area (Å²) in [7, 11) is 0. The Labute approximate surface area is 82.0 Å². The number of benzene rings is 1. The molecule has 1 aromatic rings. The quantitative estimate of drug-likeness (QED) is 0.615. The molecule has 0 aliphatic carbocycles. The first-order chi connectivity index (χ1) is 6.72. The van der Waals surface area contributed by atoms with Gasteiger partial charge in [0.1, 0.15) is 0 Å². The SMILES string of the molecule is NOCCc1ccc(NC(N)=O)cc1. The normalized spacial score (nSPS) is 9.79. The van der Waals surface area contributed by atoms with Gasteiger partial charge in [-0.15, -0.1) is 0 Å². The van der Waals surface area contributed by atoms with Crippen molar-refractivity contribution in [2.75, 3.05) is 11.9 Å². The molecular weight excluding hydrogens is 182 g/mol. The average Bonchev–Trinajstić information content (AvgIpc) is 2.16. The number of primary amides is 1. The second-order valence-electron chi connectivity index (χ2n) is 2.81. The summed E-state index contributed by atoms with van der Waals surface area (Å²) in [6.07, 6.45) is 0.743. The first kappa shape index (κ1) is 10.5. The Kier molecular flexibility index (Phi) is 3.90. The van der Waals surface area contributed by atoms with Crippen LogP contribution in [0.25, 0.3) is 0 Å². The highest BCUT2D eigenvalue weighted by atomic mass is 16.6. The van der Waals surface area contributed by atoms with Crippen LogP contribution in [0, 0.1) is 0 Å². The second-order valence-corrected chi connectivity index (χ2v) is 2.81. The Balaban J connectivity index is 2.54. The minimum absolute atomic E-state index is 0.475. The summed E-state index contributed by atoms with van der Waals surface area (Å²) in [5.74, 6) is 4.90. The van der Waals surface area contributed by atoms with Crippen LogP contribution in [0.3, 0.4) is 0 Å². The predicted octanol–water partition coefficient (Wildman–Crippen LogP) is 0.610. The van der Waals surface area contributed by atoms with Gasteiger partial charge in [-0.2, -0.15) is 0 Å². The van der Waals surface area contributed by atoms with E-state index in [4.69, 9.17) is 11.6 Å². The summed E-state index contributed by atoms with van der Waals surface area (Å²) in [6, 6.07) is 6.74. The molecule has 1 rings (SSSR count). The van der Waals surface area contributed by atoms with E-state index in [0.29, 0.717) is 12.3 Å². The zero-order valence-corrected chi connectivity index (χ0v) is 7.69. The Hall–Kier alpha value is -1.59. The molecule has 5 heteroatoms. The van der Waals surface area contributed by atoms with E-state index in [9.17, 15) is 4.79 Å². The maximum Gasteiger partial charge on any atom is 0.316 e. The van der Waals surface area contributed by atoms with E-state index in [-0.39, 0.29) is 0 Å². The van der Waals surface area contributed by atoms with Crippen LogP contribution in [0.4, 0.5) is 10.5 Å². The number of carbonyl (C=O) groups is 1. The molecular formula is C9H13N3O2. The topological polar surface area (TPSA) is 90.4 Å². The van der Waals surface area contributed by atoms with Crippen molar-refractivity contribution in [3.05, 3.63) is 29.8 Å². The molecule has 5 nitrogen and oxygen atoms in total. The van der Waals surface area contributed by atoms with Crippen LogP contribution in [0.2, 0.25) is 0 Å². The Bertz CT molecular complexity index is 297. The zero-order chi connectivity index (χ0) is 10.4. The van der Waals surface area contributed by atoms with Gasteiger partial charge in [0.2, 0.25) is 0 Å². The van der Waals surface area contributed by atoms with Crippen LogP contribution in [-0.4, -0.2) is 12.6 Å². The third-order valence-electron chi connectivity index (χ3n) is 1.73. The van der Waals surface area contributed by atoms with Gasteiger partial charge in [0.25, 0.3) is 0 Å². The maximum absolute atomic E-state index is 10.5. The molecule has 0 atom stereocenters. The standard InChI is InChI=1S/C9H13N3O2/c10-9(13)12-8-3-1-7(2-4-8)5-6-14-11/h1-4H,5-6,11H2,(H3,10,12,13). The molecule has 0 unspecified atom stereocenters. The monoisotopic (exact) mass is 195 g/mol. The Morgan fingerprint density at radius 3 is 2.50 bits per heavy atom. The molecule has 0 saturated heterocycles. The summed E-state index contributed by atoms with van der Waals surface area (Å²) in [6.45, 7) is 0.475. The summed E-state index contributed by atoms with van der Waals surface area (Å²) in [5, 5.41) is 2.47. The molecule has 0 radical (unpaired) electrons. The summed E-state index contributed by atoms with van der Waals surface area (Å²) in [4.78, 5) is 15.0. The number of rotatable bonds is 4. The lowest BCUT2D eigenvalue weighted by Gasteiger charge is -2.03. The van der Waals surface area contributed by atoms with Crippen LogP contribution in [0.15, 0.2) is 24.3 Å². The van der Waals surface area contributed by atoms with Crippen molar-refractivity contribution in [3.8, 4) is 0 Å². The molecule has 0 bridgehead atoms. The molecule has 0 spiro atoms. The third kappa shape index (κ3) is 3.42. The van der Waals surface area contributed by atoms with E-state index < -0.39 is 6.03 Å². The first-order valence-electron chi connectivity index (χ1n) is 4.19.